The number of benzene rings is 1. The molecule has 0 spiro atoms. The topological polar surface area (TPSA) is 98.1 Å². The second-order valence-electron chi connectivity index (χ2n) is 6.83. The van der Waals surface area contributed by atoms with Crippen LogP contribution in [0.4, 0.5) is 0 Å². The third-order valence-electron chi connectivity index (χ3n) is 4.28. The number of aliphatic hydroxyl groups excluding tert-OH is 1. The van der Waals surface area contributed by atoms with Crippen LogP contribution in [0.1, 0.15) is 22.5 Å². The standard InChI is InChI=1S/C13H13N4.C7H8N4.C2H2O/c1-10-8-11(2)14-17-9-16(15-13(10)17)12-6-4-3-5-7-12;1-5-3-6(2)10-11-4-8-9-7(5)11;1-2-3/h3-9H,1-2H3;3-4H,1-2H3;1,3H/q+1;;. The highest BCUT2D eigenvalue weighted by atomic mass is 16.2. The maximum atomic E-state index is 7.10. The first-order chi connectivity index (χ1) is 14.9. The van der Waals surface area contributed by atoms with Crippen molar-refractivity contribution in [3.05, 3.63) is 77.6 Å². The normalized spacial score (nSPS) is 10.0. The molecule has 0 atom stereocenters. The van der Waals surface area contributed by atoms with Crippen LogP contribution in [-0.2, 0) is 0 Å². The fourth-order valence-corrected chi connectivity index (χ4v) is 3.09. The molecular formula is C22H23N8O+. The summed E-state index contributed by atoms with van der Waals surface area (Å²) in [6.07, 6.45) is 8.90. The maximum absolute atomic E-state index is 7.10. The molecule has 9 nitrogen and oxygen atoms in total. The minimum atomic E-state index is 0.829. The Morgan fingerprint density at radius 2 is 1.65 bits per heavy atom. The SMILES string of the molecule is C#CO.Cc1cc(C)c2nn(-c3ccccc3)c[n+]2n1.Cc1cc(C)c2nncn2n1. The van der Waals surface area contributed by atoms with Crippen molar-refractivity contribution in [3.8, 4) is 18.2 Å². The van der Waals surface area contributed by atoms with Gasteiger partial charge >= 0.3 is 5.65 Å². The summed E-state index contributed by atoms with van der Waals surface area (Å²) in [4.78, 5) is 0. The van der Waals surface area contributed by atoms with E-state index in [1.165, 1.54) is 6.11 Å². The van der Waals surface area contributed by atoms with Gasteiger partial charge in [0.1, 0.15) is 18.1 Å². The van der Waals surface area contributed by atoms with Crippen LogP contribution >= 0.6 is 0 Å². The van der Waals surface area contributed by atoms with E-state index in [4.69, 9.17) is 5.11 Å². The summed E-state index contributed by atoms with van der Waals surface area (Å²) in [6, 6.07) is 14.1. The minimum Gasteiger partial charge on any atom is -0.462 e. The Bertz CT molecular complexity index is 1350. The number of hydrogen-bond acceptors (Lipinski definition) is 6. The molecule has 5 aromatic rings. The number of hydrogen-bond donors (Lipinski definition) is 1. The predicted molar refractivity (Wildman–Crippen MR) is 115 cm³/mol. The van der Waals surface area contributed by atoms with Gasteiger partial charge in [-0.2, -0.15) is 5.10 Å². The average Bonchev–Trinajstić information content (AvgIpc) is 3.37. The van der Waals surface area contributed by atoms with Crippen molar-refractivity contribution in [2.75, 3.05) is 0 Å². The second kappa shape index (κ2) is 9.45. The third-order valence-corrected chi connectivity index (χ3v) is 4.28. The third kappa shape index (κ3) is 5.00. The van der Waals surface area contributed by atoms with Gasteiger partial charge in [-0.3, -0.25) is 0 Å². The lowest BCUT2D eigenvalue weighted by Crippen LogP contribution is -2.25. The highest BCUT2D eigenvalue weighted by Gasteiger charge is 2.15. The molecule has 1 N–H and O–H groups in total. The van der Waals surface area contributed by atoms with Crippen molar-refractivity contribution in [3.63, 3.8) is 0 Å². The van der Waals surface area contributed by atoms with Gasteiger partial charge < -0.3 is 5.11 Å². The first kappa shape index (κ1) is 21.4. The molecule has 31 heavy (non-hydrogen) atoms. The zero-order valence-corrected chi connectivity index (χ0v) is 17.8. The summed E-state index contributed by atoms with van der Waals surface area (Å²) in [5.41, 5.74) is 6.97. The van der Waals surface area contributed by atoms with Crippen LogP contribution in [-0.4, -0.2) is 39.8 Å². The van der Waals surface area contributed by atoms with Crippen LogP contribution in [0.3, 0.4) is 0 Å². The van der Waals surface area contributed by atoms with Crippen LogP contribution in [0.15, 0.2) is 55.1 Å². The van der Waals surface area contributed by atoms with Crippen molar-refractivity contribution in [1.29, 1.82) is 0 Å². The van der Waals surface area contributed by atoms with Crippen LogP contribution in [0.5, 0.6) is 0 Å². The van der Waals surface area contributed by atoms with E-state index >= 15 is 0 Å². The number of rotatable bonds is 1. The first-order valence-electron chi connectivity index (χ1n) is 9.48. The molecule has 0 radical (unpaired) electrons. The Morgan fingerprint density at radius 3 is 2.35 bits per heavy atom. The Balaban J connectivity index is 0.000000167. The van der Waals surface area contributed by atoms with Gasteiger partial charge in [0.25, 0.3) is 6.33 Å². The summed E-state index contributed by atoms with van der Waals surface area (Å²) in [5, 5.41) is 27.9. The van der Waals surface area contributed by atoms with Gasteiger partial charge in [-0.15, -0.1) is 19.8 Å². The van der Waals surface area contributed by atoms with Gasteiger partial charge in [0.15, 0.2) is 5.65 Å². The minimum absolute atomic E-state index is 0.829. The van der Waals surface area contributed by atoms with Gasteiger partial charge in [-0.25, -0.2) is 4.52 Å². The lowest BCUT2D eigenvalue weighted by molar-refractivity contribution is -0.582. The summed E-state index contributed by atoms with van der Waals surface area (Å²) in [7, 11) is 0. The number of fused-ring (bicyclic) bond motifs is 2. The molecule has 0 aliphatic heterocycles. The molecule has 4 heterocycles. The van der Waals surface area contributed by atoms with Crippen LogP contribution < -0.4 is 4.52 Å². The van der Waals surface area contributed by atoms with Crippen molar-refractivity contribution in [2.24, 2.45) is 0 Å². The summed E-state index contributed by atoms with van der Waals surface area (Å²) < 4.78 is 5.34. The first-order valence-corrected chi connectivity index (χ1v) is 9.48. The Morgan fingerprint density at radius 1 is 0.968 bits per heavy atom. The van der Waals surface area contributed by atoms with E-state index in [9.17, 15) is 0 Å². The second-order valence-corrected chi connectivity index (χ2v) is 6.83. The maximum Gasteiger partial charge on any atom is 0.328 e. The Kier molecular flexibility index (Phi) is 6.52. The zero-order valence-electron chi connectivity index (χ0n) is 17.8. The molecule has 9 heteroatoms. The predicted octanol–water partition coefficient (Wildman–Crippen LogP) is 2.31. The molecule has 0 unspecified atom stereocenters. The fraction of sp³-hybridized carbons (Fsp3) is 0.182. The average molecular weight is 415 g/mol. The fourth-order valence-electron chi connectivity index (χ4n) is 3.09. The molecular weight excluding hydrogens is 392 g/mol. The van der Waals surface area contributed by atoms with Gasteiger partial charge in [0.05, 0.1) is 16.5 Å². The largest absolute Gasteiger partial charge is 0.462 e. The molecule has 1 aromatic carbocycles. The molecule has 156 valence electrons. The monoisotopic (exact) mass is 415 g/mol. The number of nitrogens with zero attached hydrogens (tertiary/aromatic N) is 8. The van der Waals surface area contributed by atoms with Crippen LogP contribution in [0.25, 0.3) is 17.0 Å². The van der Waals surface area contributed by atoms with Gasteiger partial charge in [0.2, 0.25) is 0 Å². The summed E-state index contributed by atoms with van der Waals surface area (Å²) >= 11 is 0. The number of terminal acetylenes is 1. The number of para-hydroxylation sites is 1. The van der Waals surface area contributed by atoms with Gasteiger partial charge in [0, 0.05) is 5.56 Å². The van der Waals surface area contributed by atoms with E-state index in [1.54, 1.807) is 10.8 Å². The Labute approximate surface area is 179 Å². The molecule has 0 amide bonds. The Hall–Kier alpha value is -4.32. The van der Waals surface area contributed by atoms with E-state index in [2.05, 4.69) is 31.9 Å². The molecule has 0 saturated carbocycles. The summed E-state index contributed by atoms with van der Waals surface area (Å²) in [5.74, 6) is 0. The van der Waals surface area contributed by atoms with E-state index in [0.717, 1.165) is 39.5 Å². The van der Waals surface area contributed by atoms with E-state index in [0.29, 0.717) is 0 Å². The lowest BCUT2D eigenvalue weighted by atomic mass is 10.3. The highest BCUT2D eigenvalue weighted by molar-refractivity contribution is 5.44. The van der Waals surface area contributed by atoms with Crippen molar-refractivity contribution >= 4 is 11.3 Å². The molecule has 0 bridgehead atoms. The summed E-state index contributed by atoms with van der Waals surface area (Å²) in [6.45, 7) is 7.98. The molecule has 0 aliphatic rings. The van der Waals surface area contributed by atoms with E-state index in [-0.39, 0.29) is 0 Å². The van der Waals surface area contributed by atoms with E-state index < -0.39 is 0 Å². The lowest BCUT2D eigenvalue weighted by Gasteiger charge is -1.96. The molecule has 0 aliphatic carbocycles. The zero-order chi connectivity index (χ0) is 22.4. The number of aromatic nitrogens is 8. The molecule has 0 fully saturated rings. The van der Waals surface area contributed by atoms with Crippen molar-refractivity contribution < 1.29 is 9.62 Å². The smallest absolute Gasteiger partial charge is 0.328 e. The van der Waals surface area contributed by atoms with E-state index in [1.807, 2.05) is 85.7 Å². The quantitative estimate of drug-likeness (QED) is 0.333. The number of aliphatic hydroxyl groups is 1. The van der Waals surface area contributed by atoms with Gasteiger partial charge in [-0.05, 0) is 57.5 Å². The van der Waals surface area contributed by atoms with Crippen molar-refractivity contribution in [1.82, 2.24) is 34.7 Å². The molecule has 4 aromatic heterocycles. The molecule has 5 rings (SSSR count). The van der Waals surface area contributed by atoms with Gasteiger partial charge in [-0.1, -0.05) is 29.3 Å². The molecule has 0 saturated heterocycles. The van der Waals surface area contributed by atoms with Crippen LogP contribution in [0.2, 0.25) is 0 Å². The van der Waals surface area contributed by atoms with Crippen molar-refractivity contribution in [2.45, 2.75) is 27.7 Å². The highest BCUT2D eigenvalue weighted by Crippen LogP contribution is 2.07. The van der Waals surface area contributed by atoms with Crippen LogP contribution in [0, 0.1) is 40.2 Å². The number of aryl methyl sites for hydroxylation is 4.